The molecule has 1 N–H and O–H groups in total. The second kappa shape index (κ2) is 2.63. The zero-order valence-electron chi connectivity index (χ0n) is 7.10. The van der Waals surface area contributed by atoms with Crippen molar-refractivity contribution in [1.82, 2.24) is 5.32 Å². The van der Waals surface area contributed by atoms with Crippen LogP contribution < -0.4 is 5.32 Å². The lowest BCUT2D eigenvalue weighted by Crippen LogP contribution is -2.20. The van der Waals surface area contributed by atoms with Crippen LogP contribution in [0.4, 0.5) is 0 Å². The second-order valence-electron chi connectivity index (χ2n) is 3.93. The standard InChI is InChI=1S/C10H17N/c1-2-3-7-10-8-5-4-6-9(10)11-10/h2,9,11H,1,3-8H2. The first-order valence-electron chi connectivity index (χ1n) is 4.76. The van der Waals surface area contributed by atoms with Crippen molar-refractivity contribution in [2.24, 2.45) is 0 Å². The summed E-state index contributed by atoms with van der Waals surface area (Å²) in [6.45, 7) is 3.77. The van der Waals surface area contributed by atoms with Crippen LogP contribution in [0, 0.1) is 0 Å². The molecule has 1 heterocycles. The third-order valence-corrected chi connectivity index (χ3v) is 3.21. The van der Waals surface area contributed by atoms with Gasteiger partial charge in [-0.05, 0) is 25.7 Å². The van der Waals surface area contributed by atoms with Gasteiger partial charge in [0.15, 0.2) is 0 Å². The van der Waals surface area contributed by atoms with E-state index in [2.05, 4.69) is 11.9 Å². The van der Waals surface area contributed by atoms with Gasteiger partial charge in [-0.2, -0.15) is 0 Å². The molecule has 2 aliphatic rings. The number of fused-ring (bicyclic) bond motifs is 1. The molecule has 1 aliphatic carbocycles. The van der Waals surface area contributed by atoms with E-state index in [0.29, 0.717) is 5.54 Å². The Morgan fingerprint density at radius 3 is 3.18 bits per heavy atom. The van der Waals surface area contributed by atoms with E-state index in [4.69, 9.17) is 0 Å². The lowest BCUT2D eigenvalue weighted by Gasteiger charge is -2.18. The van der Waals surface area contributed by atoms with Crippen molar-refractivity contribution in [2.75, 3.05) is 0 Å². The molecule has 2 unspecified atom stereocenters. The average Bonchev–Trinajstić information content (AvgIpc) is 2.75. The number of nitrogens with one attached hydrogen (secondary N) is 1. The number of rotatable bonds is 3. The first-order chi connectivity index (χ1) is 5.37. The quantitative estimate of drug-likeness (QED) is 0.485. The van der Waals surface area contributed by atoms with Crippen LogP contribution in [0.2, 0.25) is 0 Å². The highest BCUT2D eigenvalue weighted by Crippen LogP contribution is 2.43. The van der Waals surface area contributed by atoms with Gasteiger partial charge in [0.25, 0.3) is 0 Å². The summed E-state index contributed by atoms with van der Waals surface area (Å²) >= 11 is 0. The molecule has 1 aliphatic heterocycles. The van der Waals surface area contributed by atoms with Crippen LogP contribution in [-0.2, 0) is 0 Å². The number of hydrogen-bond donors (Lipinski definition) is 1. The van der Waals surface area contributed by atoms with E-state index in [1.165, 1.54) is 38.5 Å². The predicted molar refractivity (Wildman–Crippen MR) is 47.6 cm³/mol. The molecular formula is C10H17N. The van der Waals surface area contributed by atoms with E-state index in [-0.39, 0.29) is 0 Å². The summed E-state index contributed by atoms with van der Waals surface area (Å²) in [6, 6.07) is 0.871. The van der Waals surface area contributed by atoms with Crippen LogP contribution in [0.15, 0.2) is 12.7 Å². The molecule has 0 aromatic heterocycles. The van der Waals surface area contributed by atoms with E-state index >= 15 is 0 Å². The van der Waals surface area contributed by atoms with Crippen molar-refractivity contribution in [1.29, 1.82) is 0 Å². The Balaban J connectivity index is 1.86. The van der Waals surface area contributed by atoms with Crippen molar-refractivity contribution < 1.29 is 0 Å². The Morgan fingerprint density at radius 2 is 2.45 bits per heavy atom. The predicted octanol–water partition coefficient (Wildman–Crippen LogP) is 2.24. The molecule has 2 atom stereocenters. The molecule has 0 aromatic rings. The summed E-state index contributed by atoms with van der Waals surface area (Å²) in [4.78, 5) is 0. The van der Waals surface area contributed by atoms with Crippen molar-refractivity contribution >= 4 is 0 Å². The zero-order valence-corrected chi connectivity index (χ0v) is 7.10. The van der Waals surface area contributed by atoms with Gasteiger partial charge < -0.3 is 5.32 Å². The van der Waals surface area contributed by atoms with Crippen LogP contribution in [0.25, 0.3) is 0 Å². The monoisotopic (exact) mass is 151 g/mol. The maximum Gasteiger partial charge on any atom is 0.0341 e. The van der Waals surface area contributed by atoms with Gasteiger partial charge in [0, 0.05) is 11.6 Å². The summed E-state index contributed by atoms with van der Waals surface area (Å²) in [5.41, 5.74) is 0.576. The smallest absolute Gasteiger partial charge is 0.0341 e. The van der Waals surface area contributed by atoms with E-state index in [0.717, 1.165) is 6.04 Å². The molecule has 0 spiro atoms. The molecule has 0 aromatic carbocycles. The molecule has 2 rings (SSSR count). The van der Waals surface area contributed by atoms with Crippen molar-refractivity contribution in [3.63, 3.8) is 0 Å². The third-order valence-electron chi connectivity index (χ3n) is 3.21. The van der Waals surface area contributed by atoms with Gasteiger partial charge >= 0.3 is 0 Å². The van der Waals surface area contributed by atoms with Crippen LogP contribution in [0.5, 0.6) is 0 Å². The maximum absolute atomic E-state index is 3.77. The summed E-state index contributed by atoms with van der Waals surface area (Å²) in [7, 11) is 0. The highest BCUT2D eigenvalue weighted by atomic mass is 15.2. The topological polar surface area (TPSA) is 21.9 Å². The van der Waals surface area contributed by atoms with Gasteiger partial charge in [-0.15, -0.1) is 6.58 Å². The molecule has 0 amide bonds. The first kappa shape index (κ1) is 7.35. The minimum atomic E-state index is 0.576. The molecule has 1 saturated carbocycles. The normalized spacial score (nSPS) is 41.3. The highest BCUT2D eigenvalue weighted by Gasteiger charge is 2.52. The van der Waals surface area contributed by atoms with Crippen LogP contribution >= 0.6 is 0 Å². The average molecular weight is 151 g/mol. The molecule has 1 heteroatoms. The Kier molecular flexibility index (Phi) is 1.76. The highest BCUT2D eigenvalue weighted by molar-refractivity contribution is 5.15. The summed E-state index contributed by atoms with van der Waals surface area (Å²) in [5.74, 6) is 0. The van der Waals surface area contributed by atoms with Gasteiger partial charge in [0.2, 0.25) is 0 Å². The molecule has 1 saturated heterocycles. The molecule has 62 valence electrons. The van der Waals surface area contributed by atoms with E-state index in [9.17, 15) is 0 Å². The second-order valence-corrected chi connectivity index (χ2v) is 3.93. The number of hydrogen-bond acceptors (Lipinski definition) is 1. The van der Waals surface area contributed by atoms with Gasteiger partial charge in [-0.1, -0.05) is 18.9 Å². The van der Waals surface area contributed by atoms with Gasteiger partial charge in [0.1, 0.15) is 0 Å². The fourth-order valence-corrected chi connectivity index (χ4v) is 2.42. The van der Waals surface area contributed by atoms with E-state index in [1.807, 2.05) is 6.08 Å². The Bertz CT molecular complexity index is 164. The van der Waals surface area contributed by atoms with Crippen LogP contribution in [0.1, 0.15) is 38.5 Å². The fraction of sp³-hybridized carbons (Fsp3) is 0.800. The lowest BCUT2D eigenvalue weighted by atomic mass is 9.86. The fourth-order valence-electron chi connectivity index (χ4n) is 2.42. The SMILES string of the molecule is C=CCCC12CCCCC1N2. The minimum Gasteiger partial charge on any atom is -0.305 e. The van der Waals surface area contributed by atoms with Crippen molar-refractivity contribution in [3.05, 3.63) is 12.7 Å². The van der Waals surface area contributed by atoms with E-state index < -0.39 is 0 Å². The van der Waals surface area contributed by atoms with Gasteiger partial charge in [-0.3, -0.25) is 0 Å². The molecule has 0 radical (unpaired) electrons. The minimum absolute atomic E-state index is 0.576. The molecule has 11 heavy (non-hydrogen) atoms. The molecule has 0 bridgehead atoms. The maximum atomic E-state index is 3.77. The Hall–Kier alpha value is -0.300. The zero-order chi connectivity index (χ0) is 7.73. The number of allylic oxidation sites excluding steroid dienone is 1. The third kappa shape index (κ3) is 1.22. The Morgan fingerprint density at radius 1 is 1.55 bits per heavy atom. The molecule has 1 nitrogen and oxygen atoms in total. The van der Waals surface area contributed by atoms with Crippen molar-refractivity contribution in [2.45, 2.75) is 50.1 Å². The van der Waals surface area contributed by atoms with Gasteiger partial charge in [0.05, 0.1) is 0 Å². The summed E-state index contributed by atoms with van der Waals surface area (Å²) < 4.78 is 0. The first-order valence-corrected chi connectivity index (χ1v) is 4.76. The molecular weight excluding hydrogens is 134 g/mol. The van der Waals surface area contributed by atoms with Gasteiger partial charge in [-0.25, -0.2) is 0 Å². The van der Waals surface area contributed by atoms with Crippen LogP contribution in [0.3, 0.4) is 0 Å². The summed E-state index contributed by atoms with van der Waals surface area (Å²) in [6.07, 6.45) is 10.2. The lowest BCUT2D eigenvalue weighted by molar-refractivity contribution is 0.431. The van der Waals surface area contributed by atoms with Crippen LogP contribution in [-0.4, -0.2) is 11.6 Å². The van der Waals surface area contributed by atoms with E-state index in [1.54, 1.807) is 0 Å². The summed E-state index contributed by atoms with van der Waals surface area (Å²) in [5, 5.41) is 3.63. The largest absolute Gasteiger partial charge is 0.305 e. The van der Waals surface area contributed by atoms with Crippen molar-refractivity contribution in [3.8, 4) is 0 Å². The molecule has 2 fully saturated rings. The Labute approximate surface area is 68.9 Å².